The summed E-state index contributed by atoms with van der Waals surface area (Å²) >= 11 is 13.4. The van der Waals surface area contributed by atoms with E-state index in [2.05, 4.69) is 10.3 Å². The highest BCUT2D eigenvalue weighted by molar-refractivity contribution is 8.18. The minimum absolute atomic E-state index is 0.158. The van der Waals surface area contributed by atoms with Crippen LogP contribution >= 0.6 is 35.0 Å². The molecule has 2 aromatic carbocycles. The lowest BCUT2D eigenvalue weighted by Crippen LogP contribution is -2.19. The molecule has 1 aliphatic rings. The SMILES string of the molecule is O=C1NC(=Nc2ccc(O)cc2)SC1=Cc1c(Cl)cccc1Cl. The summed E-state index contributed by atoms with van der Waals surface area (Å²) in [5, 5.41) is 13.3. The molecule has 1 amide bonds. The van der Waals surface area contributed by atoms with Crippen molar-refractivity contribution >= 4 is 57.8 Å². The number of aromatic hydroxyl groups is 1. The van der Waals surface area contributed by atoms with E-state index in [9.17, 15) is 9.90 Å². The first-order chi connectivity index (χ1) is 11.0. The summed E-state index contributed by atoms with van der Waals surface area (Å²) in [5.41, 5.74) is 1.22. The van der Waals surface area contributed by atoms with Crippen molar-refractivity contribution in [2.75, 3.05) is 0 Å². The standard InChI is InChI=1S/C16H10Cl2N2O2S/c17-12-2-1-3-13(18)11(12)8-14-15(22)20-16(23-14)19-9-4-6-10(21)7-5-9/h1-8,21H,(H,19,20,22). The quantitative estimate of drug-likeness (QED) is 0.766. The average molecular weight is 365 g/mol. The lowest BCUT2D eigenvalue weighted by Gasteiger charge is -2.01. The van der Waals surface area contributed by atoms with Gasteiger partial charge in [0.15, 0.2) is 5.17 Å². The molecule has 3 rings (SSSR count). The highest BCUT2D eigenvalue weighted by Crippen LogP contribution is 2.32. The molecule has 116 valence electrons. The molecule has 1 saturated heterocycles. The minimum atomic E-state index is -0.261. The van der Waals surface area contributed by atoms with Gasteiger partial charge < -0.3 is 10.4 Å². The molecule has 23 heavy (non-hydrogen) atoms. The first kappa shape index (κ1) is 15.9. The van der Waals surface area contributed by atoms with Crippen molar-refractivity contribution in [2.24, 2.45) is 4.99 Å². The number of nitrogens with one attached hydrogen (secondary N) is 1. The maximum atomic E-state index is 12.0. The number of amidine groups is 1. The van der Waals surface area contributed by atoms with Crippen molar-refractivity contribution in [1.82, 2.24) is 5.32 Å². The normalized spacial score (nSPS) is 17.7. The van der Waals surface area contributed by atoms with Crippen LogP contribution in [0.2, 0.25) is 10.0 Å². The summed E-state index contributed by atoms with van der Waals surface area (Å²) in [4.78, 5) is 16.8. The molecule has 7 heteroatoms. The Labute approximate surface area is 146 Å². The highest BCUT2D eigenvalue weighted by Gasteiger charge is 2.24. The Morgan fingerprint density at radius 3 is 2.39 bits per heavy atom. The first-order valence-electron chi connectivity index (χ1n) is 6.55. The van der Waals surface area contributed by atoms with Crippen molar-refractivity contribution in [3.8, 4) is 5.75 Å². The number of nitrogens with zero attached hydrogens (tertiary/aromatic N) is 1. The van der Waals surface area contributed by atoms with Gasteiger partial charge in [0.2, 0.25) is 0 Å². The van der Waals surface area contributed by atoms with E-state index in [0.717, 1.165) is 0 Å². The number of phenolic OH excluding ortho intramolecular Hbond substituents is 1. The molecule has 0 atom stereocenters. The molecule has 1 heterocycles. The largest absolute Gasteiger partial charge is 0.508 e. The Balaban J connectivity index is 1.88. The third kappa shape index (κ3) is 3.69. The fraction of sp³-hybridized carbons (Fsp3) is 0. The van der Waals surface area contributed by atoms with E-state index in [1.165, 1.54) is 23.9 Å². The molecule has 2 N–H and O–H groups in total. The molecule has 0 unspecified atom stereocenters. The molecule has 0 saturated carbocycles. The second-order valence-electron chi connectivity index (χ2n) is 4.63. The van der Waals surface area contributed by atoms with Crippen molar-refractivity contribution in [1.29, 1.82) is 0 Å². The number of aliphatic imine (C=N–C) groups is 1. The average Bonchev–Trinajstić information content (AvgIpc) is 2.85. The van der Waals surface area contributed by atoms with Gasteiger partial charge >= 0.3 is 0 Å². The number of benzene rings is 2. The van der Waals surface area contributed by atoms with Gasteiger partial charge in [0.05, 0.1) is 10.6 Å². The number of carbonyl (C=O) groups is 1. The monoisotopic (exact) mass is 364 g/mol. The lowest BCUT2D eigenvalue weighted by molar-refractivity contribution is -0.115. The Bertz CT molecular complexity index is 812. The number of phenols is 1. The Morgan fingerprint density at radius 1 is 1.09 bits per heavy atom. The molecule has 0 bridgehead atoms. The summed E-state index contributed by atoms with van der Waals surface area (Å²) in [6.45, 7) is 0. The second-order valence-corrected chi connectivity index (χ2v) is 6.48. The minimum Gasteiger partial charge on any atom is -0.508 e. The van der Waals surface area contributed by atoms with Crippen LogP contribution in [0.25, 0.3) is 6.08 Å². The van der Waals surface area contributed by atoms with Crippen LogP contribution in [0, 0.1) is 0 Å². The maximum absolute atomic E-state index is 12.0. The van der Waals surface area contributed by atoms with Crippen molar-refractivity contribution in [2.45, 2.75) is 0 Å². The first-order valence-corrected chi connectivity index (χ1v) is 8.13. The molecule has 0 spiro atoms. The number of halogens is 2. The highest BCUT2D eigenvalue weighted by atomic mass is 35.5. The van der Waals surface area contributed by atoms with E-state index in [1.807, 2.05) is 0 Å². The van der Waals surface area contributed by atoms with E-state index in [-0.39, 0.29) is 11.7 Å². The van der Waals surface area contributed by atoms with Gasteiger partial charge in [-0.25, -0.2) is 4.99 Å². The molecule has 0 aliphatic carbocycles. The van der Waals surface area contributed by atoms with Crippen LogP contribution in [0.4, 0.5) is 5.69 Å². The van der Waals surface area contributed by atoms with Crippen LogP contribution in [0.3, 0.4) is 0 Å². The van der Waals surface area contributed by atoms with Crippen LogP contribution in [-0.4, -0.2) is 16.2 Å². The fourth-order valence-electron chi connectivity index (χ4n) is 1.90. The van der Waals surface area contributed by atoms with Crippen LogP contribution in [0.1, 0.15) is 5.56 Å². The smallest absolute Gasteiger partial charge is 0.264 e. The summed E-state index contributed by atoms with van der Waals surface area (Å²) in [5.74, 6) is -0.102. The van der Waals surface area contributed by atoms with Crippen LogP contribution < -0.4 is 5.32 Å². The molecule has 2 aromatic rings. The summed E-state index contributed by atoms with van der Waals surface area (Å²) < 4.78 is 0. The van der Waals surface area contributed by atoms with Crippen LogP contribution in [0.15, 0.2) is 52.4 Å². The lowest BCUT2D eigenvalue weighted by atomic mass is 10.2. The summed E-state index contributed by atoms with van der Waals surface area (Å²) in [7, 11) is 0. The van der Waals surface area contributed by atoms with Crippen LogP contribution in [0.5, 0.6) is 5.75 Å². The van der Waals surface area contributed by atoms with E-state index in [4.69, 9.17) is 23.2 Å². The number of rotatable bonds is 2. The summed E-state index contributed by atoms with van der Waals surface area (Å²) in [6, 6.07) is 11.5. The zero-order chi connectivity index (χ0) is 16.4. The molecule has 0 aromatic heterocycles. The third-order valence-corrected chi connectivity index (χ3v) is 4.58. The van der Waals surface area contributed by atoms with Crippen LogP contribution in [-0.2, 0) is 4.79 Å². The van der Waals surface area contributed by atoms with Gasteiger partial charge in [-0.2, -0.15) is 0 Å². The predicted octanol–water partition coefficient (Wildman–Crippen LogP) is 4.59. The number of amides is 1. The van der Waals surface area contributed by atoms with E-state index >= 15 is 0 Å². The van der Waals surface area contributed by atoms with Gasteiger partial charge in [-0.1, -0.05) is 29.3 Å². The summed E-state index contributed by atoms with van der Waals surface area (Å²) in [6.07, 6.45) is 1.64. The van der Waals surface area contributed by atoms with Gasteiger partial charge in [0, 0.05) is 15.6 Å². The number of hydrogen-bond acceptors (Lipinski definition) is 4. The van der Waals surface area contributed by atoms with Crippen molar-refractivity contribution in [3.63, 3.8) is 0 Å². The topological polar surface area (TPSA) is 61.7 Å². The van der Waals surface area contributed by atoms with Gasteiger partial charge in [-0.3, -0.25) is 4.79 Å². The van der Waals surface area contributed by atoms with Gasteiger partial charge in [-0.15, -0.1) is 0 Å². The number of hydrogen-bond donors (Lipinski definition) is 2. The molecule has 1 aliphatic heterocycles. The zero-order valence-corrected chi connectivity index (χ0v) is 13.9. The third-order valence-electron chi connectivity index (χ3n) is 3.01. The molecular weight excluding hydrogens is 355 g/mol. The van der Waals surface area contributed by atoms with E-state index in [1.54, 1.807) is 36.4 Å². The number of thioether (sulfide) groups is 1. The van der Waals surface area contributed by atoms with E-state index in [0.29, 0.717) is 31.4 Å². The van der Waals surface area contributed by atoms with E-state index < -0.39 is 0 Å². The predicted molar refractivity (Wildman–Crippen MR) is 95.4 cm³/mol. The Morgan fingerprint density at radius 2 is 1.74 bits per heavy atom. The molecule has 0 radical (unpaired) electrons. The van der Waals surface area contributed by atoms with Gasteiger partial charge in [-0.05, 0) is 54.2 Å². The van der Waals surface area contributed by atoms with Crippen molar-refractivity contribution < 1.29 is 9.90 Å². The Hall–Kier alpha value is -1.95. The fourth-order valence-corrected chi connectivity index (χ4v) is 3.23. The second kappa shape index (κ2) is 6.66. The molecule has 4 nitrogen and oxygen atoms in total. The number of carbonyl (C=O) groups excluding carboxylic acids is 1. The molecular formula is C16H10Cl2N2O2S. The van der Waals surface area contributed by atoms with Gasteiger partial charge in [0.25, 0.3) is 5.91 Å². The van der Waals surface area contributed by atoms with Crippen molar-refractivity contribution in [3.05, 3.63) is 63.0 Å². The Kier molecular flexibility index (Phi) is 4.61. The van der Waals surface area contributed by atoms with Gasteiger partial charge in [0.1, 0.15) is 5.75 Å². The maximum Gasteiger partial charge on any atom is 0.264 e. The zero-order valence-electron chi connectivity index (χ0n) is 11.6. The molecule has 1 fully saturated rings.